The molecule has 0 N–H and O–H groups in total. The van der Waals surface area contributed by atoms with Gasteiger partial charge in [-0.05, 0) is 35.4 Å². The number of methoxy groups -OCH3 is 1. The van der Waals surface area contributed by atoms with Crippen molar-refractivity contribution < 1.29 is 14.4 Å². The van der Waals surface area contributed by atoms with E-state index in [1.54, 1.807) is 36.5 Å². The van der Waals surface area contributed by atoms with E-state index >= 15 is 0 Å². The van der Waals surface area contributed by atoms with Crippen molar-refractivity contribution in [2.75, 3.05) is 7.11 Å². The van der Waals surface area contributed by atoms with E-state index in [-0.39, 0.29) is 5.97 Å². The van der Waals surface area contributed by atoms with Gasteiger partial charge in [0.2, 0.25) is 0 Å². The molecule has 0 spiro atoms. The Labute approximate surface area is 127 Å². The molecule has 2 rings (SSSR count). The zero-order valence-corrected chi connectivity index (χ0v) is 12.2. The van der Waals surface area contributed by atoms with Crippen LogP contribution >= 0.6 is 11.6 Å². The summed E-state index contributed by atoms with van der Waals surface area (Å²) < 4.78 is 4.63. The van der Waals surface area contributed by atoms with Gasteiger partial charge in [-0.15, -0.1) is 0 Å². The molecule has 5 heteroatoms. The van der Waals surface area contributed by atoms with E-state index in [0.29, 0.717) is 17.2 Å². The summed E-state index contributed by atoms with van der Waals surface area (Å²) in [6.07, 6.45) is 1.58. The highest BCUT2D eigenvalue weighted by atomic mass is 35.5. The first-order valence-corrected chi connectivity index (χ1v) is 6.65. The van der Waals surface area contributed by atoms with E-state index < -0.39 is 0 Å². The summed E-state index contributed by atoms with van der Waals surface area (Å²) in [4.78, 5) is 16.5. The average Bonchev–Trinajstić information content (AvgIpc) is 2.51. The second kappa shape index (κ2) is 7.45. The Morgan fingerprint density at radius 3 is 2.67 bits per heavy atom. The van der Waals surface area contributed by atoms with Crippen LogP contribution in [-0.2, 0) is 16.2 Å². The number of nitrogens with zero attached hydrogens (tertiary/aromatic N) is 1. The molecule has 2 aromatic rings. The standard InChI is InChI=1S/C16H14ClNO3/c1-20-16(19)14-7-5-12(6-8-14)10-18-21-11-13-3-2-4-15(17)9-13/h2-10H,11H2,1H3/b18-10+. The number of ether oxygens (including phenoxy) is 1. The van der Waals surface area contributed by atoms with Crippen molar-refractivity contribution in [1.29, 1.82) is 0 Å². The van der Waals surface area contributed by atoms with Crippen LogP contribution in [0.4, 0.5) is 0 Å². The van der Waals surface area contributed by atoms with Crippen LogP contribution in [0.15, 0.2) is 53.7 Å². The van der Waals surface area contributed by atoms with Crippen LogP contribution < -0.4 is 0 Å². The van der Waals surface area contributed by atoms with Gasteiger partial charge >= 0.3 is 5.97 Å². The average molecular weight is 304 g/mol. The van der Waals surface area contributed by atoms with Crippen LogP contribution in [0, 0.1) is 0 Å². The van der Waals surface area contributed by atoms with Crippen molar-refractivity contribution in [1.82, 2.24) is 0 Å². The Balaban J connectivity index is 1.88. The van der Waals surface area contributed by atoms with Gasteiger partial charge in [0.1, 0.15) is 6.61 Å². The minimum atomic E-state index is -0.365. The normalized spacial score (nSPS) is 10.6. The summed E-state index contributed by atoms with van der Waals surface area (Å²) in [7, 11) is 1.35. The van der Waals surface area contributed by atoms with Crippen LogP contribution in [0.25, 0.3) is 0 Å². The Bertz CT molecular complexity index is 638. The van der Waals surface area contributed by atoms with Crippen molar-refractivity contribution >= 4 is 23.8 Å². The summed E-state index contributed by atoms with van der Waals surface area (Å²) in [6, 6.07) is 14.3. The van der Waals surface area contributed by atoms with Crippen molar-refractivity contribution in [3.8, 4) is 0 Å². The molecule has 0 saturated heterocycles. The van der Waals surface area contributed by atoms with Crippen LogP contribution in [-0.4, -0.2) is 19.3 Å². The van der Waals surface area contributed by atoms with Gasteiger partial charge in [-0.2, -0.15) is 0 Å². The SMILES string of the molecule is COC(=O)c1ccc(/C=N/OCc2cccc(Cl)c2)cc1. The molecule has 0 heterocycles. The topological polar surface area (TPSA) is 47.9 Å². The molecule has 0 radical (unpaired) electrons. The minimum Gasteiger partial charge on any atom is -0.465 e. The fourth-order valence-corrected chi connectivity index (χ4v) is 1.87. The van der Waals surface area contributed by atoms with Crippen molar-refractivity contribution in [3.05, 3.63) is 70.2 Å². The first-order chi connectivity index (χ1) is 10.2. The van der Waals surface area contributed by atoms with E-state index in [4.69, 9.17) is 16.4 Å². The third kappa shape index (κ3) is 4.61. The molecule has 108 valence electrons. The van der Waals surface area contributed by atoms with Gasteiger partial charge in [0.05, 0.1) is 18.9 Å². The molecule has 0 bridgehead atoms. The van der Waals surface area contributed by atoms with E-state index in [1.807, 2.05) is 18.2 Å². The molecule has 0 amide bonds. The molecule has 2 aromatic carbocycles. The molecule has 0 saturated carbocycles. The lowest BCUT2D eigenvalue weighted by atomic mass is 10.1. The Kier molecular flexibility index (Phi) is 5.35. The third-order valence-corrected chi connectivity index (χ3v) is 2.96. The number of hydrogen-bond acceptors (Lipinski definition) is 4. The number of carbonyl (C=O) groups is 1. The second-order valence-corrected chi connectivity index (χ2v) is 4.69. The maximum Gasteiger partial charge on any atom is 0.337 e. The predicted molar refractivity (Wildman–Crippen MR) is 81.6 cm³/mol. The van der Waals surface area contributed by atoms with E-state index in [9.17, 15) is 4.79 Å². The van der Waals surface area contributed by atoms with Crippen molar-refractivity contribution in [3.63, 3.8) is 0 Å². The van der Waals surface area contributed by atoms with Gasteiger partial charge in [0.15, 0.2) is 0 Å². The summed E-state index contributed by atoms with van der Waals surface area (Å²) in [6.45, 7) is 0.345. The van der Waals surface area contributed by atoms with E-state index in [2.05, 4.69) is 9.89 Å². The van der Waals surface area contributed by atoms with Crippen LogP contribution in [0.2, 0.25) is 5.02 Å². The van der Waals surface area contributed by atoms with Gasteiger partial charge in [-0.25, -0.2) is 4.79 Å². The van der Waals surface area contributed by atoms with Gasteiger partial charge in [0, 0.05) is 5.02 Å². The number of hydrogen-bond donors (Lipinski definition) is 0. The molecule has 0 aromatic heterocycles. The van der Waals surface area contributed by atoms with Crippen molar-refractivity contribution in [2.24, 2.45) is 5.16 Å². The highest BCUT2D eigenvalue weighted by Gasteiger charge is 2.03. The quantitative estimate of drug-likeness (QED) is 0.481. The first kappa shape index (κ1) is 15.1. The number of rotatable bonds is 5. The highest BCUT2D eigenvalue weighted by Crippen LogP contribution is 2.11. The summed E-state index contributed by atoms with van der Waals surface area (Å²) in [5.74, 6) is -0.365. The lowest BCUT2D eigenvalue weighted by molar-refractivity contribution is 0.0601. The number of oxime groups is 1. The molecular formula is C16H14ClNO3. The first-order valence-electron chi connectivity index (χ1n) is 6.27. The lowest BCUT2D eigenvalue weighted by Gasteiger charge is -2.01. The molecular weight excluding hydrogens is 290 g/mol. The molecule has 0 fully saturated rings. The summed E-state index contributed by atoms with van der Waals surface area (Å²) in [5, 5.41) is 4.54. The number of esters is 1. The molecule has 0 unspecified atom stereocenters. The number of benzene rings is 2. The van der Waals surface area contributed by atoms with E-state index in [0.717, 1.165) is 11.1 Å². The van der Waals surface area contributed by atoms with Crippen LogP contribution in [0.5, 0.6) is 0 Å². The zero-order chi connectivity index (χ0) is 15.1. The van der Waals surface area contributed by atoms with Gasteiger partial charge in [-0.3, -0.25) is 0 Å². The summed E-state index contributed by atoms with van der Waals surface area (Å²) in [5.41, 5.74) is 2.27. The van der Waals surface area contributed by atoms with Crippen LogP contribution in [0.1, 0.15) is 21.5 Å². The highest BCUT2D eigenvalue weighted by molar-refractivity contribution is 6.30. The third-order valence-electron chi connectivity index (χ3n) is 2.73. The molecule has 4 nitrogen and oxygen atoms in total. The molecule has 21 heavy (non-hydrogen) atoms. The van der Waals surface area contributed by atoms with Gasteiger partial charge in [0.25, 0.3) is 0 Å². The zero-order valence-electron chi connectivity index (χ0n) is 11.5. The predicted octanol–water partition coefficient (Wildman–Crippen LogP) is 3.68. The molecule has 0 aliphatic carbocycles. The molecule has 0 aliphatic rings. The van der Waals surface area contributed by atoms with Gasteiger partial charge in [-0.1, -0.05) is 41.0 Å². The smallest absolute Gasteiger partial charge is 0.337 e. The second-order valence-electron chi connectivity index (χ2n) is 4.25. The molecule has 0 aliphatic heterocycles. The van der Waals surface area contributed by atoms with Gasteiger partial charge < -0.3 is 9.57 Å². The molecule has 0 atom stereocenters. The largest absolute Gasteiger partial charge is 0.465 e. The maximum atomic E-state index is 11.3. The monoisotopic (exact) mass is 303 g/mol. The minimum absolute atomic E-state index is 0.345. The lowest BCUT2D eigenvalue weighted by Crippen LogP contribution is -2.00. The number of halogens is 1. The fraction of sp³-hybridized carbons (Fsp3) is 0.125. The summed E-state index contributed by atoms with van der Waals surface area (Å²) >= 11 is 5.87. The Morgan fingerprint density at radius 2 is 2.00 bits per heavy atom. The van der Waals surface area contributed by atoms with Crippen LogP contribution in [0.3, 0.4) is 0 Å². The fourth-order valence-electron chi connectivity index (χ4n) is 1.66. The van der Waals surface area contributed by atoms with E-state index in [1.165, 1.54) is 7.11 Å². The Morgan fingerprint density at radius 1 is 1.24 bits per heavy atom. The maximum absolute atomic E-state index is 11.3. The van der Waals surface area contributed by atoms with Crippen molar-refractivity contribution in [2.45, 2.75) is 6.61 Å². The Hall–Kier alpha value is -2.33. The number of carbonyl (C=O) groups excluding carboxylic acids is 1.